The van der Waals surface area contributed by atoms with Gasteiger partial charge < -0.3 is 4.90 Å². The molecule has 2 nitrogen and oxygen atoms in total. The zero-order valence-corrected chi connectivity index (χ0v) is 19.4. The first-order valence-electron chi connectivity index (χ1n) is 9.27. The topological polar surface area (TPSA) is 6.48 Å². The molecule has 0 aliphatic carbocycles. The number of hydrogen-bond acceptors (Lipinski definition) is 2. The SMILES string of the molecule is Brc1cc(Br)cc([C@H]2C[C@@H](CN3CCCC3)N2Cc2ccccc2Br)c1. The molecule has 0 amide bonds. The van der Waals surface area contributed by atoms with E-state index in [4.69, 9.17) is 0 Å². The number of halogens is 3. The van der Waals surface area contributed by atoms with Crippen molar-refractivity contribution in [2.24, 2.45) is 0 Å². The molecule has 138 valence electrons. The molecule has 5 heteroatoms. The fourth-order valence-electron chi connectivity index (χ4n) is 4.25. The van der Waals surface area contributed by atoms with Crippen LogP contribution in [0.2, 0.25) is 0 Å². The third-order valence-corrected chi connectivity index (χ3v) is 7.30. The van der Waals surface area contributed by atoms with Crippen molar-refractivity contribution >= 4 is 47.8 Å². The lowest BCUT2D eigenvalue weighted by Crippen LogP contribution is -2.54. The Morgan fingerprint density at radius 3 is 2.31 bits per heavy atom. The van der Waals surface area contributed by atoms with E-state index >= 15 is 0 Å². The number of benzene rings is 2. The Balaban J connectivity index is 1.56. The lowest BCUT2D eigenvalue weighted by molar-refractivity contribution is -0.0117. The molecular weight excluding hydrogens is 520 g/mol. The van der Waals surface area contributed by atoms with Gasteiger partial charge in [-0.3, -0.25) is 4.90 Å². The van der Waals surface area contributed by atoms with Crippen LogP contribution in [0.1, 0.15) is 36.4 Å². The fourth-order valence-corrected chi connectivity index (χ4v) is 5.98. The Kier molecular flexibility index (Phi) is 6.21. The molecule has 2 heterocycles. The third kappa shape index (κ3) is 4.27. The summed E-state index contributed by atoms with van der Waals surface area (Å²) in [6.45, 7) is 4.74. The monoisotopic (exact) mass is 540 g/mol. The summed E-state index contributed by atoms with van der Waals surface area (Å²) in [6.07, 6.45) is 3.96. The maximum absolute atomic E-state index is 3.73. The first-order valence-corrected chi connectivity index (χ1v) is 11.7. The average Bonchev–Trinajstić information content (AvgIpc) is 3.10. The van der Waals surface area contributed by atoms with Crippen molar-refractivity contribution in [3.63, 3.8) is 0 Å². The van der Waals surface area contributed by atoms with Gasteiger partial charge in [-0.05, 0) is 67.7 Å². The van der Waals surface area contributed by atoms with Gasteiger partial charge in [0.1, 0.15) is 0 Å². The molecule has 2 atom stereocenters. The number of hydrogen-bond donors (Lipinski definition) is 0. The summed E-state index contributed by atoms with van der Waals surface area (Å²) in [5.74, 6) is 0. The molecule has 0 radical (unpaired) electrons. The van der Waals surface area contributed by atoms with E-state index < -0.39 is 0 Å². The number of likely N-dealkylation sites (tertiary alicyclic amines) is 2. The molecule has 2 aromatic carbocycles. The second kappa shape index (κ2) is 8.44. The van der Waals surface area contributed by atoms with Gasteiger partial charge in [0.2, 0.25) is 0 Å². The molecule has 4 rings (SSSR count). The predicted molar refractivity (Wildman–Crippen MR) is 118 cm³/mol. The molecule has 0 bridgehead atoms. The average molecular weight is 543 g/mol. The second-order valence-corrected chi connectivity index (χ2v) is 10.1. The Morgan fingerprint density at radius 1 is 0.923 bits per heavy atom. The minimum atomic E-state index is 0.489. The van der Waals surface area contributed by atoms with Gasteiger partial charge in [-0.2, -0.15) is 0 Å². The summed E-state index contributed by atoms with van der Waals surface area (Å²) in [5, 5.41) is 0. The van der Waals surface area contributed by atoms with Gasteiger partial charge in [0, 0.05) is 38.6 Å². The Hall–Kier alpha value is -0.200. The van der Waals surface area contributed by atoms with E-state index in [1.54, 1.807) is 0 Å². The van der Waals surface area contributed by atoms with Crippen molar-refractivity contribution in [1.82, 2.24) is 9.80 Å². The molecule has 26 heavy (non-hydrogen) atoms. The summed E-state index contributed by atoms with van der Waals surface area (Å²) in [7, 11) is 0. The first kappa shape index (κ1) is 19.1. The van der Waals surface area contributed by atoms with Gasteiger partial charge in [-0.1, -0.05) is 66.0 Å². The van der Waals surface area contributed by atoms with Crippen molar-refractivity contribution in [3.8, 4) is 0 Å². The minimum Gasteiger partial charge on any atom is -0.302 e. The zero-order chi connectivity index (χ0) is 18.1. The summed E-state index contributed by atoms with van der Waals surface area (Å²) in [4.78, 5) is 5.33. The van der Waals surface area contributed by atoms with Crippen LogP contribution in [0, 0.1) is 0 Å². The van der Waals surface area contributed by atoms with Gasteiger partial charge in [-0.15, -0.1) is 0 Å². The van der Waals surface area contributed by atoms with E-state index in [0.29, 0.717) is 12.1 Å². The van der Waals surface area contributed by atoms with Crippen LogP contribution >= 0.6 is 47.8 Å². The Bertz CT molecular complexity index is 753. The maximum atomic E-state index is 3.73. The van der Waals surface area contributed by atoms with Gasteiger partial charge >= 0.3 is 0 Å². The van der Waals surface area contributed by atoms with Crippen molar-refractivity contribution in [2.75, 3.05) is 19.6 Å². The van der Waals surface area contributed by atoms with Crippen molar-refractivity contribution in [3.05, 3.63) is 67.0 Å². The van der Waals surface area contributed by atoms with Crippen LogP contribution in [0.15, 0.2) is 55.9 Å². The third-order valence-electron chi connectivity index (χ3n) is 5.61. The molecule has 2 aromatic rings. The van der Waals surface area contributed by atoms with Crippen molar-refractivity contribution in [2.45, 2.75) is 37.9 Å². The molecule has 2 fully saturated rings. The highest BCUT2D eigenvalue weighted by molar-refractivity contribution is 9.11. The largest absolute Gasteiger partial charge is 0.302 e. The summed E-state index contributed by atoms with van der Waals surface area (Å²) < 4.78 is 3.50. The molecule has 2 saturated heterocycles. The Labute approximate surface area is 181 Å². The van der Waals surface area contributed by atoms with E-state index in [-0.39, 0.29) is 0 Å². The van der Waals surface area contributed by atoms with Crippen LogP contribution in [0.4, 0.5) is 0 Å². The lowest BCUT2D eigenvalue weighted by Gasteiger charge is -2.50. The standard InChI is InChI=1S/C21H23Br3N2/c22-17-9-16(10-18(23)11-17)21-12-19(14-25-7-3-4-8-25)26(21)13-15-5-1-2-6-20(15)24/h1-2,5-6,9-11,19,21H,3-4,7-8,12-14H2/t19-,21+/m0/s1. The van der Waals surface area contributed by atoms with E-state index in [1.807, 2.05) is 0 Å². The molecule has 2 aliphatic heterocycles. The van der Waals surface area contributed by atoms with Crippen LogP contribution in [-0.2, 0) is 6.54 Å². The van der Waals surface area contributed by atoms with Gasteiger partial charge in [-0.25, -0.2) is 0 Å². The van der Waals surface area contributed by atoms with Gasteiger partial charge in [0.25, 0.3) is 0 Å². The predicted octanol–water partition coefficient (Wildman–Crippen LogP) is 6.39. The van der Waals surface area contributed by atoms with E-state index in [1.165, 1.54) is 54.5 Å². The zero-order valence-electron chi connectivity index (χ0n) is 14.7. The van der Waals surface area contributed by atoms with Gasteiger partial charge in [0.15, 0.2) is 0 Å². The number of rotatable bonds is 5. The van der Waals surface area contributed by atoms with Crippen LogP contribution < -0.4 is 0 Å². The molecule has 0 unspecified atom stereocenters. The maximum Gasteiger partial charge on any atom is 0.0371 e. The first-order chi connectivity index (χ1) is 12.6. The van der Waals surface area contributed by atoms with Crippen LogP contribution in [0.3, 0.4) is 0 Å². The quantitative estimate of drug-likeness (QED) is 0.432. The molecule has 2 aliphatic rings. The summed E-state index contributed by atoms with van der Waals surface area (Å²) in [6, 6.07) is 16.4. The van der Waals surface area contributed by atoms with E-state index in [9.17, 15) is 0 Å². The summed E-state index contributed by atoms with van der Waals surface area (Å²) >= 11 is 11.0. The van der Waals surface area contributed by atoms with Crippen LogP contribution in [0.5, 0.6) is 0 Å². The number of nitrogens with zero attached hydrogens (tertiary/aromatic N) is 2. The molecular formula is C21H23Br3N2. The highest BCUT2D eigenvalue weighted by Gasteiger charge is 2.40. The molecule has 0 aromatic heterocycles. The van der Waals surface area contributed by atoms with Crippen LogP contribution in [-0.4, -0.2) is 35.5 Å². The second-order valence-electron chi connectivity index (χ2n) is 7.38. The lowest BCUT2D eigenvalue weighted by atomic mass is 9.86. The summed E-state index contributed by atoms with van der Waals surface area (Å²) in [5.41, 5.74) is 2.77. The fraction of sp³-hybridized carbons (Fsp3) is 0.429. The van der Waals surface area contributed by atoms with Crippen molar-refractivity contribution < 1.29 is 0 Å². The molecule has 0 spiro atoms. The van der Waals surface area contributed by atoms with Crippen molar-refractivity contribution in [1.29, 1.82) is 0 Å². The Morgan fingerprint density at radius 2 is 1.62 bits per heavy atom. The van der Waals surface area contributed by atoms with Gasteiger partial charge in [0.05, 0.1) is 0 Å². The van der Waals surface area contributed by atoms with Crippen LogP contribution in [0.25, 0.3) is 0 Å². The minimum absolute atomic E-state index is 0.489. The smallest absolute Gasteiger partial charge is 0.0371 e. The molecule has 0 N–H and O–H groups in total. The highest BCUT2D eigenvalue weighted by Crippen LogP contribution is 2.42. The molecule has 0 saturated carbocycles. The van der Waals surface area contributed by atoms with E-state index in [0.717, 1.165) is 15.5 Å². The highest BCUT2D eigenvalue weighted by atomic mass is 79.9. The normalized spacial score (nSPS) is 24.0. The van der Waals surface area contributed by atoms with E-state index in [2.05, 4.69) is 100 Å².